The van der Waals surface area contributed by atoms with E-state index < -0.39 is 6.10 Å². The van der Waals surface area contributed by atoms with Crippen LogP contribution in [0.15, 0.2) is 28.5 Å². The fourth-order valence-corrected chi connectivity index (χ4v) is 2.42. The molecule has 2 N–H and O–H groups in total. The van der Waals surface area contributed by atoms with Gasteiger partial charge < -0.3 is 5.11 Å². The van der Waals surface area contributed by atoms with Crippen molar-refractivity contribution in [2.45, 2.75) is 30.0 Å². The van der Waals surface area contributed by atoms with Crippen molar-refractivity contribution in [3.63, 3.8) is 0 Å². The van der Waals surface area contributed by atoms with Gasteiger partial charge in [0.15, 0.2) is 5.16 Å². The van der Waals surface area contributed by atoms with E-state index in [1.54, 1.807) is 19.9 Å². The van der Waals surface area contributed by atoms with Crippen LogP contribution in [0.3, 0.4) is 0 Å². The number of nitrogens with zero attached hydrogens (tertiary/aromatic N) is 2. The zero-order valence-electron chi connectivity index (χ0n) is 9.44. The molecule has 1 heterocycles. The van der Waals surface area contributed by atoms with Gasteiger partial charge in [-0.1, -0.05) is 0 Å². The van der Waals surface area contributed by atoms with Gasteiger partial charge in [-0.2, -0.15) is 5.10 Å². The van der Waals surface area contributed by atoms with Gasteiger partial charge in [0, 0.05) is 4.90 Å². The topological polar surface area (TPSA) is 61.8 Å². The maximum atomic E-state index is 13.4. The molecule has 90 valence electrons. The molecule has 17 heavy (non-hydrogen) atoms. The van der Waals surface area contributed by atoms with Crippen molar-refractivity contribution in [3.8, 4) is 0 Å². The number of aliphatic hydroxyl groups is 1. The Morgan fingerprint density at radius 3 is 2.82 bits per heavy atom. The van der Waals surface area contributed by atoms with Gasteiger partial charge in [0.1, 0.15) is 12.1 Å². The lowest BCUT2D eigenvalue weighted by atomic mass is 10.1. The molecule has 0 aliphatic rings. The maximum absolute atomic E-state index is 13.4. The van der Waals surface area contributed by atoms with Crippen LogP contribution in [0.1, 0.15) is 24.2 Å². The van der Waals surface area contributed by atoms with Crippen LogP contribution in [-0.2, 0) is 0 Å². The number of H-pyrrole nitrogens is 1. The molecule has 0 aliphatic heterocycles. The third-order valence-electron chi connectivity index (χ3n) is 2.34. The molecule has 2 rings (SSSR count). The van der Waals surface area contributed by atoms with Crippen LogP contribution in [0.2, 0.25) is 0 Å². The van der Waals surface area contributed by atoms with Crippen LogP contribution in [0, 0.1) is 12.7 Å². The molecule has 0 fully saturated rings. The van der Waals surface area contributed by atoms with E-state index in [-0.39, 0.29) is 5.82 Å². The normalized spacial score (nSPS) is 12.7. The van der Waals surface area contributed by atoms with Gasteiger partial charge in [-0.3, -0.25) is 5.10 Å². The Hall–Kier alpha value is -1.40. The number of aliphatic hydroxyl groups excluding tert-OH is 1. The minimum Gasteiger partial charge on any atom is -0.389 e. The van der Waals surface area contributed by atoms with Crippen LogP contribution in [-0.4, -0.2) is 20.3 Å². The number of halogens is 1. The third kappa shape index (κ3) is 2.65. The maximum Gasteiger partial charge on any atom is 0.188 e. The van der Waals surface area contributed by atoms with Crippen LogP contribution in [0.25, 0.3) is 0 Å². The lowest BCUT2D eigenvalue weighted by Gasteiger charge is -2.12. The van der Waals surface area contributed by atoms with Gasteiger partial charge in [-0.15, -0.1) is 0 Å². The first-order valence-electron chi connectivity index (χ1n) is 5.09. The Kier molecular flexibility index (Phi) is 3.44. The summed E-state index contributed by atoms with van der Waals surface area (Å²) < 4.78 is 13.4. The minimum absolute atomic E-state index is 0.317. The van der Waals surface area contributed by atoms with Crippen LogP contribution < -0.4 is 0 Å². The Balaban J connectivity index is 2.41. The molecular formula is C11H12FN3OS. The number of aromatic amines is 1. The van der Waals surface area contributed by atoms with E-state index in [1.165, 1.54) is 24.2 Å². The van der Waals surface area contributed by atoms with Gasteiger partial charge in [-0.05, 0) is 48.9 Å². The summed E-state index contributed by atoms with van der Waals surface area (Å²) in [5.41, 5.74) is 1.09. The molecule has 0 saturated carbocycles. The van der Waals surface area contributed by atoms with Crippen molar-refractivity contribution < 1.29 is 9.50 Å². The molecule has 0 amide bonds. The van der Waals surface area contributed by atoms with Gasteiger partial charge in [0.2, 0.25) is 0 Å². The highest BCUT2D eigenvalue weighted by atomic mass is 32.2. The molecule has 0 bridgehead atoms. The third-order valence-corrected chi connectivity index (χ3v) is 3.30. The van der Waals surface area contributed by atoms with Crippen molar-refractivity contribution in [2.24, 2.45) is 0 Å². The molecule has 0 saturated heterocycles. The van der Waals surface area contributed by atoms with Gasteiger partial charge >= 0.3 is 0 Å². The fourth-order valence-electron chi connectivity index (χ4n) is 1.43. The van der Waals surface area contributed by atoms with Crippen molar-refractivity contribution in [1.29, 1.82) is 0 Å². The Labute approximate surface area is 102 Å². The smallest absolute Gasteiger partial charge is 0.188 e. The van der Waals surface area contributed by atoms with Crippen molar-refractivity contribution in [1.82, 2.24) is 15.2 Å². The molecule has 0 radical (unpaired) electrons. The van der Waals surface area contributed by atoms with Crippen LogP contribution in [0.4, 0.5) is 4.39 Å². The summed E-state index contributed by atoms with van der Waals surface area (Å²) in [6, 6.07) is 3.06. The SMILES string of the molecule is Cc1cc(Sc2ncn[nH]2)c([C@@H](C)O)cc1F. The second-order valence-corrected chi connectivity index (χ2v) is 4.74. The van der Waals surface area contributed by atoms with E-state index in [4.69, 9.17) is 0 Å². The van der Waals surface area contributed by atoms with Gasteiger partial charge in [0.05, 0.1) is 6.10 Å². The van der Waals surface area contributed by atoms with E-state index in [9.17, 15) is 9.50 Å². The first-order valence-corrected chi connectivity index (χ1v) is 5.91. The Bertz CT molecular complexity index is 514. The average molecular weight is 253 g/mol. The standard InChI is InChI=1S/C11H12FN3OS/c1-6-3-10(17-11-13-5-14-15-11)8(7(2)16)4-9(6)12/h3-5,7,16H,1-2H3,(H,13,14,15)/t7-/m1/s1. The van der Waals surface area contributed by atoms with E-state index in [0.717, 1.165) is 4.90 Å². The van der Waals surface area contributed by atoms with E-state index >= 15 is 0 Å². The predicted molar refractivity (Wildman–Crippen MR) is 62.3 cm³/mol. The summed E-state index contributed by atoms with van der Waals surface area (Å²) in [7, 11) is 0. The molecule has 1 aromatic heterocycles. The Morgan fingerprint density at radius 2 is 2.24 bits per heavy atom. The number of benzene rings is 1. The number of rotatable bonds is 3. The molecule has 1 atom stereocenters. The van der Waals surface area contributed by atoms with Gasteiger partial charge in [-0.25, -0.2) is 9.37 Å². The number of hydrogen-bond acceptors (Lipinski definition) is 4. The van der Waals surface area contributed by atoms with Crippen LogP contribution in [0.5, 0.6) is 0 Å². The number of aromatic nitrogens is 3. The first-order chi connectivity index (χ1) is 8.08. The second kappa shape index (κ2) is 4.85. The molecular weight excluding hydrogens is 241 g/mol. The summed E-state index contributed by atoms with van der Waals surface area (Å²) in [6.07, 6.45) is 0.677. The van der Waals surface area contributed by atoms with Gasteiger partial charge in [0.25, 0.3) is 0 Å². The lowest BCUT2D eigenvalue weighted by molar-refractivity contribution is 0.196. The number of nitrogens with one attached hydrogen (secondary N) is 1. The van der Waals surface area contributed by atoms with E-state index in [0.29, 0.717) is 16.3 Å². The average Bonchev–Trinajstić information content (AvgIpc) is 2.75. The molecule has 0 aliphatic carbocycles. The zero-order chi connectivity index (χ0) is 12.4. The number of hydrogen-bond donors (Lipinski definition) is 2. The van der Waals surface area contributed by atoms with Crippen molar-refractivity contribution in [3.05, 3.63) is 35.4 Å². The van der Waals surface area contributed by atoms with Crippen molar-refractivity contribution in [2.75, 3.05) is 0 Å². The molecule has 2 aromatic rings. The second-order valence-electron chi connectivity index (χ2n) is 3.71. The van der Waals surface area contributed by atoms with Crippen molar-refractivity contribution >= 4 is 11.8 Å². The quantitative estimate of drug-likeness (QED) is 0.882. The molecule has 0 spiro atoms. The number of aryl methyl sites for hydroxylation is 1. The summed E-state index contributed by atoms with van der Waals surface area (Å²) >= 11 is 1.32. The largest absolute Gasteiger partial charge is 0.389 e. The molecule has 0 unspecified atom stereocenters. The molecule has 1 aromatic carbocycles. The monoisotopic (exact) mass is 253 g/mol. The Morgan fingerprint density at radius 1 is 1.47 bits per heavy atom. The predicted octanol–water partition coefficient (Wildman–Crippen LogP) is 2.46. The first kappa shape index (κ1) is 12.1. The highest BCUT2D eigenvalue weighted by Crippen LogP contribution is 2.33. The summed E-state index contributed by atoms with van der Waals surface area (Å²) in [5, 5.41) is 16.7. The molecule has 4 nitrogen and oxygen atoms in total. The summed E-state index contributed by atoms with van der Waals surface area (Å²) in [6.45, 7) is 3.29. The molecule has 6 heteroatoms. The highest BCUT2D eigenvalue weighted by Gasteiger charge is 2.13. The fraction of sp³-hybridized carbons (Fsp3) is 0.273. The summed E-state index contributed by atoms with van der Waals surface area (Å²) in [4.78, 5) is 4.76. The highest BCUT2D eigenvalue weighted by molar-refractivity contribution is 7.99. The van der Waals surface area contributed by atoms with Crippen LogP contribution >= 0.6 is 11.8 Å². The van der Waals surface area contributed by atoms with E-state index in [1.807, 2.05) is 0 Å². The zero-order valence-corrected chi connectivity index (χ0v) is 10.3. The summed E-state index contributed by atoms with van der Waals surface area (Å²) in [5.74, 6) is -0.317. The van der Waals surface area contributed by atoms with E-state index in [2.05, 4.69) is 15.2 Å². The lowest BCUT2D eigenvalue weighted by Crippen LogP contribution is -1.97. The minimum atomic E-state index is -0.726.